The Morgan fingerprint density at radius 3 is 2.68 bits per heavy atom. The molecule has 0 aromatic heterocycles. The number of aliphatic hydroxyl groups is 1. The predicted molar refractivity (Wildman–Crippen MR) is 145 cm³/mol. The van der Waals surface area contributed by atoms with E-state index in [1.165, 1.54) is 7.11 Å². The number of hydrogen-bond acceptors (Lipinski definition) is 5. The number of rotatable bonds is 11. The standard InChI is InChI=1S/C31H36FNO5/c1-20-10-11-22(16-29(20)32)15-24-7-6-14-33(24)18-25(34)19-38-21(2)26-8-4-5-9-27(26)23-12-13-28(31(35)36)30(17-23)37-3/h4-5,8-13,16-17,21,24-25,34H,6-7,14-15,18-19H2,1-3H3,(H,35,36)/t21-,24+,25-/m1/s1. The first-order valence-corrected chi connectivity index (χ1v) is 13.1. The quantitative estimate of drug-likeness (QED) is 0.339. The summed E-state index contributed by atoms with van der Waals surface area (Å²) < 4.78 is 25.4. The highest BCUT2D eigenvalue weighted by Crippen LogP contribution is 2.33. The van der Waals surface area contributed by atoms with E-state index in [-0.39, 0.29) is 30.1 Å². The van der Waals surface area contributed by atoms with Crippen molar-refractivity contribution in [3.63, 3.8) is 0 Å². The molecule has 3 aromatic rings. The number of methoxy groups -OCH3 is 1. The number of carbonyl (C=O) groups is 1. The van der Waals surface area contributed by atoms with Gasteiger partial charge in [-0.2, -0.15) is 0 Å². The first-order chi connectivity index (χ1) is 18.3. The summed E-state index contributed by atoms with van der Waals surface area (Å²) in [6, 6.07) is 18.5. The van der Waals surface area contributed by atoms with Gasteiger partial charge in [0.1, 0.15) is 17.1 Å². The average Bonchev–Trinajstić information content (AvgIpc) is 3.34. The van der Waals surface area contributed by atoms with Gasteiger partial charge in [-0.15, -0.1) is 0 Å². The average molecular weight is 522 g/mol. The highest BCUT2D eigenvalue weighted by atomic mass is 19.1. The molecule has 1 aliphatic rings. The number of ether oxygens (including phenoxy) is 2. The van der Waals surface area contributed by atoms with Crippen molar-refractivity contribution in [3.8, 4) is 16.9 Å². The second-order valence-electron chi connectivity index (χ2n) is 10.0. The first kappa shape index (κ1) is 27.8. The second-order valence-corrected chi connectivity index (χ2v) is 10.0. The van der Waals surface area contributed by atoms with Gasteiger partial charge in [0.2, 0.25) is 0 Å². The fourth-order valence-corrected chi connectivity index (χ4v) is 5.22. The fraction of sp³-hybridized carbons (Fsp3) is 0.387. The van der Waals surface area contributed by atoms with Crippen molar-refractivity contribution >= 4 is 5.97 Å². The molecule has 3 atom stereocenters. The summed E-state index contributed by atoms with van der Waals surface area (Å²) in [5, 5.41) is 20.2. The molecule has 6 nitrogen and oxygen atoms in total. The van der Waals surface area contributed by atoms with Gasteiger partial charge in [-0.05, 0) is 85.7 Å². The topological polar surface area (TPSA) is 79.2 Å². The lowest BCUT2D eigenvalue weighted by molar-refractivity contribution is -0.0169. The highest BCUT2D eigenvalue weighted by molar-refractivity contribution is 5.92. The molecule has 202 valence electrons. The van der Waals surface area contributed by atoms with Crippen molar-refractivity contribution in [1.82, 2.24) is 4.90 Å². The molecule has 0 saturated carbocycles. The van der Waals surface area contributed by atoms with E-state index in [0.717, 1.165) is 48.1 Å². The van der Waals surface area contributed by atoms with Gasteiger partial charge in [-0.25, -0.2) is 9.18 Å². The van der Waals surface area contributed by atoms with Gasteiger partial charge in [-0.3, -0.25) is 4.90 Å². The number of carboxylic acid groups (broad SMARTS) is 1. The molecule has 4 rings (SSSR count). The molecule has 0 amide bonds. The van der Waals surface area contributed by atoms with E-state index < -0.39 is 12.1 Å². The Labute approximate surface area is 223 Å². The van der Waals surface area contributed by atoms with Gasteiger partial charge in [-0.1, -0.05) is 42.5 Å². The number of aryl methyl sites for hydroxylation is 1. The van der Waals surface area contributed by atoms with Crippen LogP contribution in [0.25, 0.3) is 11.1 Å². The van der Waals surface area contributed by atoms with Crippen LogP contribution >= 0.6 is 0 Å². The van der Waals surface area contributed by atoms with E-state index >= 15 is 0 Å². The predicted octanol–water partition coefficient (Wildman–Crippen LogP) is 5.65. The van der Waals surface area contributed by atoms with Crippen LogP contribution in [0.5, 0.6) is 5.75 Å². The number of hydrogen-bond donors (Lipinski definition) is 2. The van der Waals surface area contributed by atoms with Crippen LogP contribution in [0, 0.1) is 12.7 Å². The molecular formula is C31H36FNO5. The number of β-amino-alcohol motifs (C(OH)–C–C–N with tert-alkyl or cyclic N) is 1. The van der Waals surface area contributed by atoms with Crippen molar-refractivity contribution in [2.45, 2.75) is 51.4 Å². The fourth-order valence-electron chi connectivity index (χ4n) is 5.22. The minimum atomic E-state index is -1.04. The van der Waals surface area contributed by atoms with Gasteiger partial charge >= 0.3 is 5.97 Å². The minimum Gasteiger partial charge on any atom is -0.496 e. The smallest absolute Gasteiger partial charge is 0.339 e. The molecule has 2 N–H and O–H groups in total. The van der Waals surface area contributed by atoms with E-state index in [4.69, 9.17) is 9.47 Å². The lowest BCUT2D eigenvalue weighted by Gasteiger charge is -2.28. The lowest BCUT2D eigenvalue weighted by Crippen LogP contribution is -2.39. The van der Waals surface area contributed by atoms with Crippen LogP contribution in [0.15, 0.2) is 60.7 Å². The highest BCUT2D eigenvalue weighted by Gasteiger charge is 2.27. The molecule has 1 saturated heterocycles. The van der Waals surface area contributed by atoms with Crippen LogP contribution in [0.1, 0.15) is 52.9 Å². The summed E-state index contributed by atoms with van der Waals surface area (Å²) in [4.78, 5) is 13.8. The van der Waals surface area contributed by atoms with Crippen molar-refractivity contribution < 1.29 is 28.9 Å². The van der Waals surface area contributed by atoms with Crippen LogP contribution in [-0.2, 0) is 11.2 Å². The maximum absolute atomic E-state index is 14.0. The molecule has 7 heteroatoms. The molecule has 3 aromatic carbocycles. The molecule has 0 spiro atoms. The molecule has 38 heavy (non-hydrogen) atoms. The summed E-state index contributed by atoms with van der Waals surface area (Å²) >= 11 is 0. The zero-order valence-corrected chi connectivity index (χ0v) is 22.2. The summed E-state index contributed by atoms with van der Waals surface area (Å²) in [5.41, 5.74) is 4.41. The Morgan fingerprint density at radius 2 is 1.95 bits per heavy atom. The first-order valence-electron chi connectivity index (χ1n) is 13.1. The summed E-state index contributed by atoms with van der Waals surface area (Å²) in [6.45, 7) is 5.30. The SMILES string of the molecule is COc1cc(-c2ccccc2[C@@H](C)OC[C@H](O)CN2CCC[C@H]2Cc2ccc(C)c(F)c2)ccc1C(=O)O. The Balaban J connectivity index is 1.38. The number of halogens is 1. The molecular weight excluding hydrogens is 485 g/mol. The lowest BCUT2D eigenvalue weighted by atomic mass is 9.95. The van der Waals surface area contributed by atoms with Crippen LogP contribution in [-0.4, -0.2) is 60.0 Å². The van der Waals surface area contributed by atoms with Crippen molar-refractivity contribution in [1.29, 1.82) is 0 Å². The summed E-state index contributed by atoms with van der Waals surface area (Å²) in [5.74, 6) is -0.924. The van der Waals surface area contributed by atoms with Crippen molar-refractivity contribution in [2.75, 3.05) is 26.8 Å². The number of likely N-dealkylation sites (tertiary alicyclic amines) is 1. The number of aromatic carboxylic acids is 1. The number of aliphatic hydroxyl groups excluding tert-OH is 1. The zero-order valence-electron chi connectivity index (χ0n) is 22.2. The van der Waals surface area contributed by atoms with Crippen LogP contribution in [0.4, 0.5) is 4.39 Å². The third-order valence-corrected chi connectivity index (χ3v) is 7.33. The Kier molecular flexibility index (Phi) is 9.15. The molecule has 1 fully saturated rings. The van der Waals surface area contributed by atoms with Crippen molar-refractivity contribution in [3.05, 3.63) is 88.7 Å². The maximum atomic E-state index is 14.0. The van der Waals surface area contributed by atoms with E-state index in [0.29, 0.717) is 17.9 Å². The summed E-state index contributed by atoms with van der Waals surface area (Å²) in [6.07, 6.45) is 1.89. The van der Waals surface area contributed by atoms with E-state index in [9.17, 15) is 19.4 Å². The van der Waals surface area contributed by atoms with Crippen LogP contribution < -0.4 is 4.74 Å². The van der Waals surface area contributed by atoms with Gasteiger partial charge in [0.05, 0.1) is 25.9 Å². The van der Waals surface area contributed by atoms with E-state index in [1.54, 1.807) is 31.2 Å². The monoisotopic (exact) mass is 521 g/mol. The number of nitrogens with zero attached hydrogens (tertiary/aromatic N) is 1. The number of carboxylic acids is 1. The largest absolute Gasteiger partial charge is 0.496 e. The molecule has 0 aliphatic carbocycles. The van der Waals surface area contributed by atoms with E-state index in [2.05, 4.69) is 4.90 Å². The second kappa shape index (κ2) is 12.5. The van der Waals surface area contributed by atoms with Gasteiger partial charge in [0, 0.05) is 12.6 Å². The third-order valence-electron chi connectivity index (χ3n) is 7.33. The van der Waals surface area contributed by atoms with Crippen molar-refractivity contribution in [2.24, 2.45) is 0 Å². The molecule has 0 bridgehead atoms. The third kappa shape index (κ3) is 6.59. The Hall–Kier alpha value is -3.26. The molecule has 0 radical (unpaired) electrons. The number of benzene rings is 3. The Morgan fingerprint density at radius 1 is 1.16 bits per heavy atom. The summed E-state index contributed by atoms with van der Waals surface area (Å²) in [7, 11) is 1.45. The normalized spacial score (nSPS) is 17.3. The van der Waals surface area contributed by atoms with E-state index in [1.807, 2.05) is 43.3 Å². The Bertz CT molecular complexity index is 1260. The van der Waals surface area contributed by atoms with Crippen LogP contribution in [0.3, 0.4) is 0 Å². The molecule has 0 unspecified atom stereocenters. The minimum absolute atomic E-state index is 0.105. The van der Waals surface area contributed by atoms with Gasteiger partial charge < -0.3 is 19.7 Å². The molecule has 1 aliphatic heterocycles. The maximum Gasteiger partial charge on any atom is 0.339 e. The zero-order chi connectivity index (χ0) is 27.2. The van der Waals surface area contributed by atoms with Crippen LogP contribution in [0.2, 0.25) is 0 Å². The molecule has 1 heterocycles. The van der Waals surface area contributed by atoms with Gasteiger partial charge in [0.25, 0.3) is 0 Å². The van der Waals surface area contributed by atoms with Gasteiger partial charge in [0.15, 0.2) is 0 Å².